The Morgan fingerprint density at radius 1 is 1.00 bits per heavy atom. The van der Waals surface area contributed by atoms with E-state index in [1.807, 2.05) is 36.4 Å². The second-order valence-electron chi connectivity index (χ2n) is 4.24. The van der Waals surface area contributed by atoms with Crippen LogP contribution < -0.4 is 10.5 Å². The Bertz CT molecular complexity index is 706. The SMILES string of the molecule is COc1ccc(-c2onc(N)c2-c2ccncc2)cc1. The smallest absolute Gasteiger partial charge is 0.176 e. The van der Waals surface area contributed by atoms with E-state index < -0.39 is 0 Å². The maximum absolute atomic E-state index is 5.92. The van der Waals surface area contributed by atoms with Crippen molar-refractivity contribution >= 4 is 5.82 Å². The number of methoxy groups -OCH3 is 1. The Labute approximate surface area is 116 Å². The van der Waals surface area contributed by atoms with E-state index in [0.29, 0.717) is 11.6 Å². The summed E-state index contributed by atoms with van der Waals surface area (Å²) in [5.74, 6) is 1.78. The van der Waals surface area contributed by atoms with E-state index in [9.17, 15) is 0 Å². The first-order valence-electron chi connectivity index (χ1n) is 6.09. The topological polar surface area (TPSA) is 74.2 Å². The molecule has 0 fully saturated rings. The van der Waals surface area contributed by atoms with Gasteiger partial charge in [-0.3, -0.25) is 4.98 Å². The van der Waals surface area contributed by atoms with E-state index >= 15 is 0 Å². The van der Waals surface area contributed by atoms with Crippen LogP contribution in [0.5, 0.6) is 5.75 Å². The van der Waals surface area contributed by atoms with Crippen LogP contribution in [0.1, 0.15) is 0 Å². The second-order valence-corrected chi connectivity index (χ2v) is 4.24. The lowest BCUT2D eigenvalue weighted by Crippen LogP contribution is -1.89. The summed E-state index contributed by atoms with van der Waals surface area (Å²) in [6.07, 6.45) is 3.42. The molecule has 100 valence electrons. The Balaban J connectivity index is 2.11. The number of nitrogens with two attached hydrogens (primary N) is 1. The molecule has 0 saturated heterocycles. The Kier molecular flexibility index (Phi) is 3.09. The molecular weight excluding hydrogens is 254 g/mol. The standard InChI is InChI=1S/C15H13N3O2/c1-19-12-4-2-11(3-5-12)14-13(15(16)18-20-14)10-6-8-17-9-7-10/h2-9H,1H3,(H2,16,18). The molecule has 3 rings (SSSR count). The minimum absolute atomic E-state index is 0.363. The molecule has 5 nitrogen and oxygen atoms in total. The number of hydrogen-bond donors (Lipinski definition) is 1. The van der Waals surface area contributed by atoms with Gasteiger partial charge in [-0.2, -0.15) is 0 Å². The largest absolute Gasteiger partial charge is 0.497 e. The van der Waals surface area contributed by atoms with E-state index in [1.54, 1.807) is 19.5 Å². The van der Waals surface area contributed by atoms with Crippen LogP contribution in [0.2, 0.25) is 0 Å². The number of ether oxygens (including phenoxy) is 1. The molecule has 2 heterocycles. The number of pyridine rings is 1. The zero-order valence-electron chi connectivity index (χ0n) is 10.9. The van der Waals surface area contributed by atoms with Crippen molar-refractivity contribution in [3.8, 4) is 28.2 Å². The molecule has 0 spiro atoms. The molecule has 0 aliphatic rings. The number of nitrogens with zero attached hydrogens (tertiary/aromatic N) is 2. The first-order valence-corrected chi connectivity index (χ1v) is 6.09. The highest BCUT2D eigenvalue weighted by Gasteiger charge is 2.17. The molecule has 0 atom stereocenters. The molecule has 2 N–H and O–H groups in total. The van der Waals surface area contributed by atoms with Gasteiger partial charge in [-0.25, -0.2) is 0 Å². The number of hydrogen-bond acceptors (Lipinski definition) is 5. The fraction of sp³-hybridized carbons (Fsp3) is 0.0667. The third kappa shape index (κ3) is 2.09. The van der Waals surface area contributed by atoms with E-state index in [0.717, 1.165) is 22.4 Å². The zero-order valence-corrected chi connectivity index (χ0v) is 10.9. The number of rotatable bonds is 3. The van der Waals surface area contributed by atoms with Gasteiger partial charge < -0.3 is 15.0 Å². The van der Waals surface area contributed by atoms with Crippen LogP contribution in [-0.2, 0) is 0 Å². The average Bonchev–Trinajstić information content (AvgIpc) is 2.90. The van der Waals surface area contributed by atoms with Crippen molar-refractivity contribution in [2.45, 2.75) is 0 Å². The van der Waals surface area contributed by atoms with Crippen molar-refractivity contribution in [2.75, 3.05) is 12.8 Å². The average molecular weight is 267 g/mol. The molecule has 3 aromatic rings. The summed E-state index contributed by atoms with van der Waals surface area (Å²) in [5.41, 5.74) is 8.50. The van der Waals surface area contributed by atoms with Crippen LogP contribution in [0.25, 0.3) is 22.5 Å². The van der Waals surface area contributed by atoms with Gasteiger partial charge in [0.05, 0.1) is 12.7 Å². The highest BCUT2D eigenvalue weighted by atomic mass is 16.5. The molecule has 0 bridgehead atoms. The minimum Gasteiger partial charge on any atom is -0.497 e. The quantitative estimate of drug-likeness (QED) is 0.789. The van der Waals surface area contributed by atoms with Crippen LogP contribution in [-0.4, -0.2) is 17.3 Å². The molecule has 1 aromatic carbocycles. The third-order valence-corrected chi connectivity index (χ3v) is 3.04. The van der Waals surface area contributed by atoms with Crippen LogP contribution in [0.4, 0.5) is 5.82 Å². The van der Waals surface area contributed by atoms with Crippen molar-refractivity contribution in [1.29, 1.82) is 0 Å². The highest BCUT2D eigenvalue weighted by molar-refractivity contribution is 5.86. The van der Waals surface area contributed by atoms with Gasteiger partial charge in [0.15, 0.2) is 11.6 Å². The summed E-state index contributed by atoms with van der Waals surface area (Å²) in [7, 11) is 1.63. The molecule has 0 saturated carbocycles. The van der Waals surface area contributed by atoms with E-state index in [-0.39, 0.29) is 0 Å². The Morgan fingerprint density at radius 3 is 2.35 bits per heavy atom. The summed E-state index contributed by atoms with van der Waals surface area (Å²) < 4.78 is 10.5. The van der Waals surface area contributed by atoms with Gasteiger partial charge in [0.1, 0.15) is 5.75 Å². The van der Waals surface area contributed by atoms with Crippen molar-refractivity contribution in [3.05, 3.63) is 48.8 Å². The molecule has 0 amide bonds. The predicted molar refractivity (Wildman–Crippen MR) is 76.1 cm³/mol. The minimum atomic E-state index is 0.363. The molecular formula is C15H13N3O2. The maximum atomic E-state index is 5.92. The monoisotopic (exact) mass is 267 g/mol. The van der Waals surface area contributed by atoms with Crippen molar-refractivity contribution in [2.24, 2.45) is 0 Å². The Morgan fingerprint density at radius 2 is 1.70 bits per heavy atom. The zero-order chi connectivity index (χ0) is 13.9. The van der Waals surface area contributed by atoms with Gasteiger partial charge in [-0.1, -0.05) is 5.16 Å². The maximum Gasteiger partial charge on any atom is 0.176 e. The van der Waals surface area contributed by atoms with E-state index in [2.05, 4.69) is 10.1 Å². The second kappa shape index (κ2) is 5.05. The van der Waals surface area contributed by atoms with Crippen molar-refractivity contribution < 1.29 is 9.26 Å². The molecule has 2 aromatic heterocycles. The van der Waals surface area contributed by atoms with Gasteiger partial charge >= 0.3 is 0 Å². The van der Waals surface area contributed by atoms with Gasteiger partial charge in [0, 0.05) is 18.0 Å². The summed E-state index contributed by atoms with van der Waals surface area (Å²) in [4.78, 5) is 4.00. The van der Waals surface area contributed by atoms with E-state index in [1.165, 1.54) is 0 Å². The lowest BCUT2D eigenvalue weighted by atomic mass is 10.0. The summed E-state index contributed by atoms with van der Waals surface area (Å²) >= 11 is 0. The first-order chi connectivity index (χ1) is 9.79. The normalized spacial score (nSPS) is 10.4. The molecule has 0 radical (unpaired) electrons. The lowest BCUT2D eigenvalue weighted by molar-refractivity contribution is 0.414. The summed E-state index contributed by atoms with van der Waals surface area (Å²) in [6, 6.07) is 11.3. The van der Waals surface area contributed by atoms with Crippen LogP contribution in [0, 0.1) is 0 Å². The van der Waals surface area contributed by atoms with E-state index in [4.69, 9.17) is 15.0 Å². The fourth-order valence-corrected chi connectivity index (χ4v) is 2.04. The van der Waals surface area contributed by atoms with Gasteiger partial charge in [0.2, 0.25) is 0 Å². The Hall–Kier alpha value is -2.82. The number of nitrogen functional groups attached to an aromatic ring is 1. The fourth-order valence-electron chi connectivity index (χ4n) is 2.04. The summed E-state index contributed by atoms with van der Waals surface area (Å²) in [5, 5.41) is 3.86. The van der Waals surface area contributed by atoms with Crippen molar-refractivity contribution in [3.63, 3.8) is 0 Å². The van der Waals surface area contributed by atoms with Crippen molar-refractivity contribution in [1.82, 2.24) is 10.1 Å². The summed E-state index contributed by atoms with van der Waals surface area (Å²) in [6.45, 7) is 0. The number of aromatic nitrogens is 2. The first kappa shape index (κ1) is 12.2. The van der Waals surface area contributed by atoms with Crippen LogP contribution >= 0.6 is 0 Å². The van der Waals surface area contributed by atoms with Crippen LogP contribution in [0.3, 0.4) is 0 Å². The third-order valence-electron chi connectivity index (χ3n) is 3.04. The van der Waals surface area contributed by atoms with Gasteiger partial charge in [-0.15, -0.1) is 0 Å². The molecule has 5 heteroatoms. The molecule has 0 aliphatic carbocycles. The molecule has 0 unspecified atom stereocenters. The van der Waals surface area contributed by atoms with Gasteiger partial charge in [0.25, 0.3) is 0 Å². The molecule has 0 aliphatic heterocycles. The highest BCUT2D eigenvalue weighted by Crippen LogP contribution is 2.36. The van der Waals surface area contributed by atoms with Gasteiger partial charge in [-0.05, 0) is 42.0 Å². The molecule has 20 heavy (non-hydrogen) atoms. The lowest BCUT2D eigenvalue weighted by Gasteiger charge is -2.03. The van der Waals surface area contributed by atoms with Crippen LogP contribution in [0.15, 0.2) is 53.3 Å². The number of benzene rings is 1. The predicted octanol–water partition coefficient (Wildman–Crippen LogP) is 2.99. The number of anilines is 1.